The third kappa shape index (κ3) is 1.55. The summed E-state index contributed by atoms with van der Waals surface area (Å²) in [6.45, 7) is 0. The molecule has 0 aliphatic rings. The smallest absolute Gasteiger partial charge is 0.147 e. The van der Waals surface area contributed by atoms with Gasteiger partial charge >= 0.3 is 0 Å². The molecule has 2 rings (SSSR count). The van der Waals surface area contributed by atoms with Gasteiger partial charge in [-0.05, 0) is 18.2 Å². The van der Waals surface area contributed by atoms with Crippen molar-refractivity contribution in [2.45, 2.75) is 0 Å². The minimum atomic E-state index is 0.653. The van der Waals surface area contributed by atoms with E-state index in [9.17, 15) is 0 Å². The Morgan fingerprint density at radius 1 is 1.14 bits per heavy atom. The van der Waals surface area contributed by atoms with E-state index in [1.165, 1.54) is 0 Å². The maximum atomic E-state index is 5.36. The van der Waals surface area contributed by atoms with Crippen LogP contribution in [0.1, 0.15) is 0 Å². The molecule has 0 aliphatic carbocycles. The lowest BCUT2D eigenvalue weighted by atomic mass is 10.1. The molecule has 0 unspecified atom stereocenters. The molecule has 0 saturated carbocycles. The summed E-state index contributed by atoms with van der Waals surface area (Å²) in [7, 11) is 0. The second-order valence-electron chi connectivity index (χ2n) is 2.79. The van der Waals surface area contributed by atoms with Crippen molar-refractivity contribution in [1.82, 2.24) is 9.97 Å². The van der Waals surface area contributed by atoms with Crippen LogP contribution in [-0.2, 0) is 0 Å². The summed E-state index contributed by atoms with van der Waals surface area (Å²) in [6.07, 6.45) is 5.20. The standard InChI is InChI=1S/C10H10N4/c11-14-10-9(4-2-6-13-10)8-3-1-5-12-7-8/h1-7H,11H2,(H,13,14). The molecule has 4 heteroatoms. The molecule has 0 amide bonds. The molecule has 4 nitrogen and oxygen atoms in total. The summed E-state index contributed by atoms with van der Waals surface area (Å²) >= 11 is 0. The number of rotatable bonds is 2. The van der Waals surface area contributed by atoms with Gasteiger partial charge in [0.2, 0.25) is 0 Å². The summed E-state index contributed by atoms with van der Waals surface area (Å²) < 4.78 is 0. The monoisotopic (exact) mass is 186 g/mol. The van der Waals surface area contributed by atoms with Crippen molar-refractivity contribution < 1.29 is 0 Å². The average Bonchev–Trinajstić information content (AvgIpc) is 2.30. The van der Waals surface area contributed by atoms with Gasteiger partial charge in [0, 0.05) is 29.7 Å². The number of hydrogen-bond donors (Lipinski definition) is 2. The van der Waals surface area contributed by atoms with Crippen molar-refractivity contribution in [2.75, 3.05) is 5.43 Å². The molecule has 0 radical (unpaired) electrons. The fourth-order valence-corrected chi connectivity index (χ4v) is 1.28. The van der Waals surface area contributed by atoms with Gasteiger partial charge in [0.15, 0.2) is 0 Å². The van der Waals surface area contributed by atoms with Gasteiger partial charge in [-0.15, -0.1) is 0 Å². The van der Waals surface area contributed by atoms with Gasteiger partial charge in [0.1, 0.15) is 5.82 Å². The highest BCUT2D eigenvalue weighted by atomic mass is 15.2. The summed E-state index contributed by atoms with van der Waals surface area (Å²) in [6, 6.07) is 7.65. The first-order valence-corrected chi connectivity index (χ1v) is 4.24. The zero-order chi connectivity index (χ0) is 9.80. The molecule has 0 atom stereocenters. The summed E-state index contributed by atoms with van der Waals surface area (Å²) in [5, 5.41) is 0. The Balaban J connectivity index is 2.51. The number of nitrogens with one attached hydrogen (secondary N) is 1. The van der Waals surface area contributed by atoms with Crippen LogP contribution in [0, 0.1) is 0 Å². The van der Waals surface area contributed by atoms with Gasteiger partial charge in [-0.2, -0.15) is 0 Å². The second kappa shape index (κ2) is 3.85. The lowest BCUT2D eigenvalue weighted by molar-refractivity contribution is 1.22. The van der Waals surface area contributed by atoms with Crippen molar-refractivity contribution in [3.63, 3.8) is 0 Å². The number of hydrogen-bond acceptors (Lipinski definition) is 4. The van der Waals surface area contributed by atoms with E-state index in [4.69, 9.17) is 5.84 Å². The number of nitrogens with zero attached hydrogens (tertiary/aromatic N) is 2. The first-order valence-electron chi connectivity index (χ1n) is 4.24. The minimum absolute atomic E-state index is 0.653. The van der Waals surface area contributed by atoms with Crippen LogP contribution >= 0.6 is 0 Å². The highest BCUT2D eigenvalue weighted by Gasteiger charge is 2.03. The van der Waals surface area contributed by atoms with Crippen molar-refractivity contribution in [3.8, 4) is 11.1 Å². The number of pyridine rings is 2. The molecule has 0 aliphatic heterocycles. The molecule has 14 heavy (non-hydrogen) atoms. The number of aromatic nitrogens is 2. The van der Waals surface area contributed by atoms with E-state index in [-0.39, 0.29) is 0 Å². The fraction of sp³-hybridized carbons (Fsp3) is 0. The van der Waals surface area contributed by atoms with Crippen LogP contribution in [0.3, 0.4) is 0 Å². The molecule has 0 saturated heterocycles. The predicted molar refractivity (Wildman–Crippen MR) is 55.3 cm³/mol. The van der Waals surface area contributed by atoms with Crippen LogP contribution < -0.4 is 11.3 Å². The van der Waals surface area contributed by atoms with Crippen LogP contribution in [0.5, 0.6) is 0 Å². The van der Waals surface area contributed by atoms with Gasteiger partial charge in [0.25, 0.3) is 0 Å². The molecular weight excluding hydrogens is 176 g/mol. The summed E-state index contributed by atoms with van der Waals surface area (Å²) in [5.74, 6) is 6.01. The molecule has 2 aromatic rings. The van der Waals surface area contributed by atoms with E-state index in [1.807, 2.05) is 24.3 Å². The maximum absolute atomic E-state index is 5.36. The molecular formula is C10H10N4. The lowest BCUT2D eigenvalue weighted by Crippen LogP contribution is -2.09. The molecule has 0 bridgehead atoms. The Labute approximate surface area is 81.8 Å². The van der Waals surface area contributed by atoms with E-state index >= 15 is 0 Å². The Kier molecular flexibility index (Phi) is 2.38. The number of nitrogen functional groups attached to an aromatic ring is 1. The maximum Gasteiger partial charge on any atom is 0.147 e. The van der Waals surface area contributed by atoms with Crippen LogP contribution in [0.25, 0.3) is 11.1 Å². The molecule has 0 spiro atoms. The van der Waals surface area contributed by atoms with E-state index in [1.54, 1.807) is 18.6 Å². The molecule has 70 valence electrons. The summed E-state index contributed by atoms with van der Waals surface area (Å²) in [4.78, 5) is 8.15. The molecule has 0 aromatic carbocycles. The van der Waals surface area contributed by atoms with E-state index < -0.39 is 0 Å². The van der Waals surface area contributed by atoms with Crippen molar-refractivity contribution in [2.24, 2.45) is 5.84 Å². The number of hydrazine groups is 1. The largest absolute Gasteiger partial charge is 0.308 e. The van der Waals surface area contributed by atoms with Gasteiger partial charge in [0.05, 0.1) is 0 Å². The van der Waals surface area contributed by atoms with Crippen molar-refractivity contribution >= 4 is 5.82 Å². The van der Waals surface area contributed by atoms with Gasteiger partial charge in [-0.3, -0.25) is 4.98 Å². The Hall–Kier alpha value is -1.94. The Morgan fingerprint density at radius 2 is 2.00 bits per heavy atom. The lowest BCUT2D eigenvalue weighted by Gasteiger charge is -2.06. The average molecular weight is 186 g/mol. The molecule has 0 fully saturated rings. The first-order chi connectivity index (χ1) is 6.92. The second-order valence-corrected chi connectivity index (χ2v) is 2.79. The Morgan fingerprint density at radius 3 is 2.71 bits per heavy atom. The quantitative estimate of drug-likeness (QED) is 0.550. The highest BCUT2D eigenvalue weighted by Crippen LogP contribution is 2.23. The third-order valence-electron chi connectivity index (χ3n) is 1.92. The minimum Gasteiger partial charge on any atom is -0.308 e. The predicted octanol–water partition coefficient (Wildman–Crippen LogP) is 1.43. The Bertz CT molecular complexity index is 413. The molecule has 2 heterocycles. The normalized spacial score (nSPS) is 9.79. The van der Waals surface area contributed by atoms with Crippen LogP contribution in [0.2, 0.25) is 0 Å². The van der Waals surface area contributed by atoms with Crippen LogP contribution in [0.15, 0.2) is 42.9 Å². The SMILES string of the molecule is NNc1ncccc1-c1cccnc1. The van der Waals surface area contributed by atoms with E-state index in [2.05, 4.69) is 15.4 Å². The molecule has 3 N–H and O–H groups in total. The van der Waals surface area contributed by atoms with E-state index in [0.717, 1.165) is 11.1 Å². The fourth-order valence-electron chi connectivity index (χ4n) is 1.28. The highest BCUT2D eigenvalue weighted by molar-refractivity contribution is 5.73. The van der Waals surface area contributed by atoms with Crippen LogP contribution in [-0.4, -0.2) is 9.97 Å². The third-order valence-corrected chi connectivity index (χ3v) is 1.92. The molecule has 2 aromatic heterocycles. The number of anilines is 1. The number of nitrogens with two attached hydrogens (primary N) is 1. The zero-order valence-electron chi connectivity index (χ0n) is 7.51. The van der Waals surface area contributed by atoms with Crippen LogP contribution in [0.4, 0.5) is 5.82 Å². The van der Waals surface area contributed by atoms with E-state index in [0.29, 0.717) is 5.82 Å². The van der Waals surface area contributed by atoms with Gasteiger partial charge in [-0.25, -0.2) is 10.8 Å². The van der Waals surface area contributed by atoms with Gasteiger partial charge < -0.3 is 5.43 Å². The topological polar surface area (TPSA) is 63.8 Å². The van der Waals surface area contributed by atoms with Gasteiger partial charge in [-0.1, -0.05) is 6.07 Å². The zero-order valence-corrected chi connectivity index (χ0v) is 7.51. The first kappa shape index (κ1) is 8.65. The summed E-state index contributed by atoms with van der Waals surface area (Å²) in [5.41, 5.74) is 4.50. The van der Waals surface area contributed by atoms with Crippen molar-refractivity contribution in [3.05, 3.63) is 42.9 Å². The van der Waals surface area contributed by atoms with Crippen molar-refractivity contribution in [1.29, 1.82) is 0 Å².